The number of amides is 2. The highest BCUT2D eigenvalue weighted by molar-refractivity contribution is 5.86. The summed E-state index contributed by atoms with van der Waals surface area (Å²) in [6.07, 6.45) is 5.51. The quantitative estimate of drug-likeness (QED) is 0.637. The summed E-state index contributed by atoms with van der Waals surface area (Å²) >= 11 is 0. The molecule has 2 N–H and O–H groups in total. The summed E-state index contributed by atoms with van der Waals surface area (Å²) < 4.78 is 5.53. The molecule has 2 aliphatic carbocycles. The van der Waals surface area contributed by atoms with Crippen molar-refractivity contribution in [3.63, 3.8) is 0 Å². The number of nitrogens with zero attached hydrogens (tertiary/aromatic N) is 1. The Morgan fingerprint density at radius 3 is 2.24 bits per heavy atom. The molecule has 2 aromatic carbocycles. The van der Waals surface area contributed by atoms with Crippen molar-refractivity contribution in [3.05, 3.63) is 59.7 Å². The number of rotatable bonds is 7. The number of aliphatic carboxylic acids is 1. The van der Waals surface area contributed by atoms with Crippen molar-refractivity contribution >= 4 is 18.0 Å². The largest absolute Gasteiger partial charge is 0.481 e. The Morgan fingerprint density at radius 2 is 1.70 bits per heavy atom. The van der Waals surface area contributed by atoms with E-state index < -0.39 is 24.0 Å². The normalized spacial score (nSPS) is 19.3. The van der Waals surface area contributed by atoms with E-state index in [1.165, 1.54) is 4.90 Å². The second kappa shape index (κ2) is 9.37. The van der Waals surface area contributed by atoms with Gasteiger partial charge in [-0.15, -0.1) is 12.3 Å². The number of fused-ring (bicyclic) bond motifs is 3. The van der Waals surface area contributed by atoms with Gasteiger partial charge in [-0.3, -0.25) is 9.59 Å². The predicted molar refractivity (Wildman–Crippen MR) is 122 cm³/mol. The van der Waals surface area contributed by atoms with Crippen molar-refractivity contribution in [1.82, 2.24) is 10.2 Å². The smallest absolute Gasteiger partial charge is 0.407 e. The number of terminal acetylenes is 1. The maximum Gasteiger partial charge on any atom is 0.407 e. The van der Waals surface area contributed by atoms with Crippen molar-refractivity contribution < 1.29 is 24.2 Å². The van der Waals surface area contributed by atoms with E-state index in [-0.39, 0.29) is 30.9 Å². The third-order valence-electron chi connectivity index (χ3n) is 6.61. The van der Waals surface area contributed by atoms with Crippen molar-refractivity contribution in [1.29, 1.82) is 0 Å². The van der Waals surface area contributed by atoms with Gasteiger partial charge in [0, 0.05) is 25.4 Å². The number of ether oxygens (including phenoxy) is 1. The first kappa shape index (κ1) is 22.4. The highest BCUT2D eigenvalue weighted by Crippen LogP contribution is 2.44. The molecule has 1 saturated carbocycles. The first-order valence-electron chi connectivity index (χ1n) is 10.9. The van der Waals surface area contributed by atoms with Crippen LogP contribution in [0.5, 0.6) is 0 Å². The predicted octanol–water partition coefficient (Wildman–Crippen LogP) is 3.24. The van der Waals surface area contributed by atoms with Crippen LogP contribution in [-0.4, -0.2) is 53.7 Å². The van der Waals surface area contributed by atoms with Gasteiger partial charge in [0.15, 0.2) is 0 Å². The van der Waals surface area contributed by atoms with E-state index in [4.69, 9.17) is 16.3 Å². The molecule has 170 valence electrons. The number of carboxylic acid groups (broad SMARTS) is 1. The number of hydrogen-bond acceptors (Lipinski definition) is 4. The number of nitrogens with one attached hydrogen (secondary N) is 1. The lowest BCUT2D eigenvalue weighted by atomic mass is 9.79. The zero-order chi connectivity index (χ0) is 23.5. The molecule has 0 heterocycles. The van der Waals surface area contributed by atoms with Crippen molar-refractivity contribution in [3.8, 4) is 23.5 Å². The number of hydrogen-bond donors (Lipinski definition) is 2. The molecule has 1 unspecified atom stereocenters. The Balaban J connectivity index is 1.38. The fraction of sp³-hybridized carbons (Fsp3) is 0.346. The number of carboxylic acids is 1. The molecule has 1 fully saturated rings. The van der Waals surface area contributed by atoms with Gasteiger partial charge in [-0.2, -0.15) is 0 Å². The average molecular weight is 447 g/mol. The molecular weight excluding hydrogens is 420 g/mol. The fourth-order valence-electron chi connectivity index (χ4n) is 4.63. The van der Waals surface area contributed by atoms with Gasteiger partial charge >= 0.3 is 12.1 Å². The topological polar surface area (TPSA) is 95.9 Å². The molecule has 33 heavy (non-hydrogen) atoms. The van der Waals surface area contributed by atoms with Crippen LogP contribution >= 0.6 is 0 Å². The van der Waals surface area contributed by atoms with E-state index in [1.807, 2.05) is 36.4 Å². The van der Waals surface area contributed by atoms with E-state index in [0.29, 0.717) is 12.8 Å². The second-order valence-corrected chi connectivity index (χ2v) is 8.54. The van der Waals surface area contributed by atoms with E-state index in [2.05, 4.69) is 23.4 Å². The van der Waals surface area contributed by atoms with Gasteiger partial charge in [0.05, 0.1) is 5.92 Å². The van der Waals surface area contributed by atoms with E-state index in [0.717, 1.165) is 22.3 Å². The zero-order valence-electron chi connectivity index (χ0n) is 18.4. The minimum atomic E-state index is -0.931. The van der Waals surface area contributed by atoms with Gasteiger partial charge in [0.1, 0.15) is 12.6 Å². The zero-order valence-corrected chi connectivity index (χ0v) is 18.4. The van der Waals surface area contributed by atoms with Gasteiger partial charge in [0.2, 0.25) is 5.91 Å². The maximum atomic E-state index is 12.9. The van der Waals surface area contributed by atoms with Gasteiger partial charge in [-0.05, 0) is 35.1 Å². The maximum absolute atomic E-state index is 12.9. The summed E-state index contributed by atoms with van der Waals surface area (Å²) in [5.74, 6) is 0.687. The van der Waals surface area contributed by atoms with Crippen molar-refractivity contribution in [2.75, 3.05) is 13.7 Å². The van der Waals surface area contributed by atoms with Gasteiger partial charge in [-0.25, -0.2) is 4.79 Å². The third kappa shape index (κ3) is 4.42. The van der Waals surface area contributed by atoms with Crippen LogP contribution < -0.4 is 5.32 Å². The molecule has 0 aromatic heterocycles. The number of alkyl carbamates (subject to hydrolysis) is 1. The minimum Gasteiger partial charge on any atom is -0.481 e. The summed E-state index contributed by atoms with van der Waals surface area (Å²) in [6.45, 7) is 0.135. The van der Waals surface area contributed by atoms with Crippen LogP contribution in [0, 0.1) is 18.3 Å². The minimum absolute atomic E-state index is 0.0163. The van der Waals surface area contributed by atoms with Gasteiger partial charge < -0.3 is 20.1 Å². The SMILES string of the molecule is C#CCC(NC(=O)OCC1c2ccccc2-c2ccccc21)C(=O)N(C)C1CC(C(=O)O)C1. The molecular formula is C26H26N2O5. The summed E-state index contributed by atoms with van der Waals surface area (Å²) in [5.41, 5.74) is 4.45. The van der Waals surface area contributed by atoms with Crippen molar-refractivity contribution in [2.45, 2.75) is 37.3 Å². The Morgan fingerprint density at radius 1 is 1.12 bits per heavy atom. The Hall–Kier alpha value is -3.79. The Labute approximate surface area is 192 Å². The molecule has 1 atom stereocenters. The fourth-order valence-corrected chi connectivity index (χ4v) is 4.63. The van der Waals surface area contributed by atoms with Gasteiger partial charge in [0.25, 0.3) is 0 Å². The van der Waals surface area contributed by atoms with Gasteiger partial charge in [-0.1, -0.05) is 48.5 Å². The average Bonchev–Trinajstić information content (AvgIpc) is 3.09. The molecule has 7 nitrogen and oxygen atoms in total. The molecule has 4 rings (SSSR count). The van der Waals surface area contributed by atoms with Crippen LogP contribution in [0.2, 0.25) is 0 Å². The van der Waals surface area contributed by atoms with E-state index >= 15 is 0 Å². The van der Waals surface area contributed by atoms with Crippen LogP contribution in [0.4, 0.5) is 4.79 Å². The molecule has 2 amide bonds. The Bertz CT molecular complexity index is 1070. The molecule has 0 saturated heterocycles. The molecule has 0 aliphatic heterocycles. The lowest BCUT2D eigenvalue weighted by Crippen LogP contribution is -2.54. The number of carbonyl (C=O) groups is 3. The second-order valence-electron chi connectivity index (χ2n) is 8.54. The molecule has 7 heteroatoms. The summed E-state index contributed by atoms with van der Waals surface area (Å²) in [4.78, 5) is 38.0. The highest BCUT2D eigenvalue weighted by atomic mass is 16.5. The van der Waals surface area contributed by atoms with Crippen LogP contribution in [0.3, 0.4) is 0 Å². The van der Waals surface area contributed by atoms with E-state index in [9.17, 15) is 14.4 Å². The number of carbonyl (C=O) groups excluding carboxylic acids is 2. The number of benzene rings is 2. The molecule has 0 radical (unpaired) electrons. The van der Waals surface area contributed by atoms with Crippen LogP contribution in [-0.2, 0) is 14.3 Å². The summed E-state index contributed by atoms with van der Waals surface area (Å²) in [7, 11) is 1.61. The molecule has 2 aromatic rings. The standard InChI is InChI=1S/C26H26N2O5/c1-3-8-23(24(29)28(2)17-13-16(14-17)25(30)31)27-26(32)33-15-22-20-11-6-4-9-18(20)19-10-5-7-12-21(19)22/h1,4-7,9-12,16-17,22-23H,8,13-15H2,2H3,(H,27,32)(H,30,31). The van der Waals surface area contributed by atoms with Crippen LogP contribution in [0.1, 0.15) is 36.3 Å². The molecule has 0 bridgehead atoms. The molecule has 2 aliphatic rings. The lowest BCUT2D eigenvalue weighted by Gasteiger charge is -2.40. The first-order valence-corrected chi connectivity index (χ1v) is 10.9. The van der Waals surface area contributed by atoms with Crippen LogP contribution in [0.25, 0.3) is 11.1 Å². The number of likely N-dealkylation sites (N-methyl/N-ethyl adjacent to an activating group) is 1. The van der Waals surface area contributed by atoms with Crippen molar-refractivity contribution in [2.24, 2.45) is 5.92 Å². The highest BCUT2D eigenvalue weighted by Gasteiger charge is 2.40. The molecule has 0 spiro atoms. The monoisotopic (exact) mass is 446 g/mol. The third-order valence-corrected chi connectivity index (χ3v) is 6.61. The summed E-state index contributed by atoms with van der Waals surface area (Å²) in [5, 5.41) is 11.6. The van der Waals surface area contributed by atoms with E-state index in [1.54, 1.807) is 7.05 Å². The lowest BCUT2D eigenvalue weighted by molar-refractivity contribution is -0.150. The first-order chi connectivity index (χ1) is 15.9. The Kier molecular flexibility index (Phi) is 6.36. The van der Waals surface area contributed by atoms with Crippen LogP contribution in [0.15, 0.2) is 48.5 Å². The summed E-state index contributed by atoms with van der Waals surface area (Å²) in [6, 6.07) is 15.0.